The number of carbonyl (C=O) groups excluding carboxylic acids is 1. The van der Waals surface area contributed by atoms with Crippen LogP contribution in [0.1, 0.15) is 97.3 Å². The number of allylic oxidation sites excluding steroid dienone is 2. The molecule has 3 rings (SSSR count). The van der Waals surface area contributed by atoms with Crippen LogP contribution >= 0.6 is 0 Å². The van der Waals surface area contributed by atoms with Crippen molar-refractivity contribution in [3.63, 3.8) is 0 Å². The van der Waals surface area contributed by atoms with E-state index in [4.69, 9.17) is 0 Å². The van der Waals surface area contributed by atoms with Crippen molar-refractivity contribution >= 4 is 5.91 Å². The van der Waals surface area contributed by atoms with Gasteiger partial charge < -0.3 is 15.1 Å². The number of amides is 1. The Morgan fingerprint density at radius 3 is 2.75 bits per heavy atom. The summed E-state index contributed by atoms with van der Waals surface area (Å²) in [6, 6.07) is 0. The summed E-state index contributed by atoms with van der Waals surface area (Å²) in [6.45, 7) is 6.34. The normalized spacial score (nSPS) is 29.9. The van der Waals surface area contributed by atoms with Crippen LogP contribution in [0.25, 0.3) is 0 Å². The van der Waals surface area contributed by atoms with Gasteiger partial charge in [-0.25, -0.2) is 0 Å². The van der Waals surface area contributed by atoms with Gasteiger partial charge in [0, 0.05) is 25.4 Å². The zero-order valence-corrected chi connectivity index (χ0v) is 20.6. The minimum Gasteiger partial charge on any atom is -0.392 e. The molecular weight excluding hydrogens is 398 g/mol. The number of unbranched alkanes of at least 4 members (excludes halogenated alkanes) is 2. The molecule has 182 valence electrons. The third-order valence-electron chi connectivity index (χ3n) is 8.05. The monoisotopic (exact) mass is 445 g/mol. The zero-order valence-electron chi connectivity index (χ0n) is 20.6. The number of piperidine rings is 1. The first-order chi connectivity index (χ1) is 15.5. The Morgan fingerprint density at radius 1 is 1.22 bits per heavy atom. The number of hydrogen-bond donors (Lipinski definition) is 2. The lowest BCUT2D eigenvalue weighted by Crippen LogP contribution is -2.35. The van der Waals surface area contributed by atoms with Crippen LogP contribution in [0.4, 0.5) is 0 Å². The Balaban J connectivity index is 1.38. The van der Waals surface area contributed by atoms with Crippen LogP contribution in [0, 0.1) is 23.7 Å². The second kappa shape index (κ2) is 12.9. The highest BCUT2D eigenvalue weighted by Crippen LogP contribution is 2.48. The highest BCUT2D eigenvalue weighted by atomic mass is 16.3. The van der Waals surface area contributed by atoms with Gasteiger partial charge in [0.05, 0.1) is 12.2 Å². The van der Waals surface area contributed by atoms with Crippen LogP contribution in [-0.4, -0.2) is 46.3 Å². The topological polar surface area (TPSA) is 60.8 Å². The second-order valence-electron chi connectivity index (χ2n) is 10.8. The van der Waals surface area contributed by atoms with Crippen LogP contribution < -0.4 is 0 Å². The predicted molar refractivity (Wildman–Crippen MR) is 131 cm³/mol. The molecular formula is C28H47NO3. The van der Waals surface area contributed by atoms with Gasteiger partial charge in [-0.2, -0.15) is 0 Å². The molecule has 2 N–H and O–H groups in total. The van der Waals surface area contributed by atoms with Crippen molar-refractivity contribution in [1.29, 1.82) is 0 Å². The molecule has 0 aromatic heterocycles. The molecule has 1 unspecified atom stereocenters. The highest BCUT2D eigenvalue weighted by Gasteiger charge is 2.43. The molecule has 4 heteroatoms. The lowest BCUT2D eigenvalue weighted by atomic mass is 9.88. The van der Waals surface area contributed by atoms with Crippen molar-refractivity contribution in [2.24, 2.45) is 23.7 Å². The number of nitrogens with zero attached hydrogens (tertiary/aromatic N) is 1. The Kier molecular flexibility index (Phi) is 10.3. The minimum absolute atomic E-state index is 0.162. The molecule has 4 nitrogen and oxygen atoms in total. The molecule has 0 aromatic carbocycles. The number of aliphatic hydroxyl groups excluding tert-OH is 2. The van der Waals surface area contributed by atoms with E-state index in [1.807, 2.05) is 6.08 Å². The summed E-state index contributed by atoms with van der Waals surface area (Å²) in [6.07, 6.45) is 19.6. The number of hydrogen-bond acceptors (Lipinski definition) is 3. The maximum atomic E-state index is 12.3. The molecule has 0 aromatic rings. The average molecular weight is 446 g/mol. The number of fused-ring (bicyclic) bond motifs is 1. The number of aliphatic hydroxyl groups is 2. The van der Waals surface area contributed by atoms with E-state index in [1.54, 1.807) is 0 Å². The lowest BCUT2D eigenvalue weighted by Gasteiger charge is -2.26. The Morgan fingerprint density at radius 2 is 2.00 bits per heavy atom. The fraction of sp³-hybridized carbons (Fsp3) is 0.821. The third-order valence-corrected chi connectivity index (χ3v) is 8.05. The van der Waals surface area contributed by atoms with E-state index in [2.05, 4.69) is 30.9 Å². The van der Waals surface area contributed by atoms with E-state index in [0.29, 0.717) is 30.1 Å². The van der Waals surface area contributed by atoms with Gasteiger partial charge in [0.25, 0.3) is 0 Å². The third kappa shape index (κ3) is 7.45. The summed E-state index contributed by atoms with van der Waals surface area (Å²) >= 11 is 0. The molecule has 1 aliphatic heterocycles. The SMILES string of the molecule is CCCC[C@H](C)C[C@H](O)/C=C/[C@H]1[C@H](O)CC2C=C(CCCCC(=O)N3CCCCC3)C[C@@H]21. The summed E-state index contributed by atoms with van der Waals surface area (Å²) in [5.41, 5.74) is 1.52. The molecule has 2 aliphatic carbocycles. The molecule has 3 aliphatic rings. The van der Waals surface area contributed by atoms with E-state index in [-0.39, 0.29) is 12.0 Å². The molecule has 32 heavy (non-hydrogen) atoms. The quantitative estimate of drug-likeness (QED) is 0.302. The van der Waals surface area contributed by atoms with Gasteiger partial charge in [0.15, 0.2) is 0 Å². The summed E-state index contributed by atoms with van der Waals surface area (Å²) in [5, 5.41) is 21.0. The minimum atomic E-state index is -0.403. The number of likely N-dealkylation sites (tertiary alicyclic amines) is 1. The van der Waals surface area contributed by atoms with Gasteiger partial charge in [0.1, 0.15) is 0 Å². The Bertz CT molecular complexity index is 637. The summed E-state index contributed by atoms with van der Waals surface area (Å²) in [5.74, 6) is 2.01. The standard InChI is InChI=1S/C28H47NO3/c1-3-4-10-21(2)17-24(30)13-14-25-26-19-22(18-23(26)20-27(25)31)11-6-7-12-28(32)29-15-8-5-9-16-29/h13-14,18,21,23-27,30-31H,3-12,15-17,19-20H2,1-2H3/b14-13+/t21-,23?,24+,25+,26-,27+/m0/s1. The van der Waals surface area contributed by atoms with Crippen molar-refractivity contribution < 1.29 is 15.0 Å². The fourth-order valence-corrected chi connectivity index (χ4v) is 6.14. The summed E-state index contributed by atoms with van der Waals surface area (Å²) in [7, 11) is 0. The average Bonchev–Trinajstić information content (AvgIpc) is 3.30. The summed E-state index contributed by atoms with van der Waals surface area (Å²) in [4.78, 5) is 14.4. The van der Waals surface area contributed by atoms with Crippen molar-refractivity contribution in [3.8, 4) is 0 Å². The first kappa shape index (κ1) is 25.5. The smallest absolute Gasteiger partial charge is 0.222 e. The maximum Gasteiger partial charge on any atom is 0.222 e. The highest BCUT2D eigenvalue weighted by molar-refractivity contribution is 5.76. The second-order valence-corrected chi connectivity index (χ2v) is 10.8. The van der Waals surface area contributed by atoms with Crippen molar-refractivity contribution in [2.45, 2.75) is 110 Å². The first-order valence-corrected chi connectivity index (χ1v) is 13.5. The van der Waals surface area contributed by atoms with E-state index < -0.39 is 6.10 Å². The number of rotatable bonds is 12. The van der Waals surface area contributed by atoms with Gasteiger partial charge in [-0.05, 0) is 75.5 Å². The molecule has 0 bridgehead atoms. The van der Waals surface area contributed by atoms with Crippen molar-refractivity contribution in [3.05, 3.63) is 23.8 Å². The van der Waals surface area contributed by atoms with Crippen molar-refractivity contribution in [2.75, 3.05) is 13.1 Å². The van der Waals surface area contributed by atoms with E-state index in [9.17, 15) is 15.0 Å². The maximum absolute atomic E-state index is 12.3. The van der Waals surface area contributed by atoms with Crippen LogP contribution in [-0.2, 0) is 4.79 Å². The van der Waals surface area contributed by atoms with Crippen LogP contribution in [0.3, 0.4) is 0 Å². The molecule has 0 radical (unpaired) electrons. The first-order valence-electron chi connectivity index (χ1n) is 13.5. The molecule has 6 atom stereocenters. The van der Waals surface area contributed by atoms with Crippen LogP contribution in [0.2, 0.25) is 0 Å². The van der Waals surface area contributed by atoms with E-state index in [1.165, 1.54) is 31.3 Å². The van der Waals surface area contributed by atoms with Gasteiger partial charge in [-0.1, -0.05) is 56.9 Å². The van der Waals surface area contributed by atoms with Gasteiger partial charge in [-0.15, -0.1) is 0 Å². The molecule has 1 saturated carbocycles. The Labute approximate surface area is 196 Å². The van der Waals surface area contributed by atoms with Gasteiger partial charge in [-0.3, -0.25) is 4.79 Å². The predicted octanol–water partition coefficient (Wildman–Crippen LogP) is 5.64. The van der Waals surface area contributed by atoms with Crippen LogP contribution in [0.5, 0.6) is 0 Å². The fourth-order valence-electron chi connectivity index (χ4n) is 6.14. The molecule has 1 saturated heterocycles. The van der Waals surface area contributed by atoms with Gasteiger partial charge in [0.2, 0.25) is 5.91 Å². The molecule has 1 heterocycles. The van der Waals surface area contributed by atoms with Crippen LogP contribution in [0.15, 0.2) is 23.8 Å². The molecule has 0 spiro atoms. The largest absolute Gasteiger partial charge is 0.392 e. The molecule has 2 fully saturated rings. The summed E-state index contributed by atoms with van der Waals surface area (Å²) < 4.78 is 0. The van der Waals surface area contributed by atoms with Gasteiger partial charge >= 0.3 is 0 Å². The number of carbonyl (C=O) groups is 1. The zero-order chi connectivity index (χ0) is 22.9. The van der Waals surface area contributed by atoms with Crippen molar-refractivity contribution in [1.82, 2.24) is 4.90 Å². The Hall–Kier alpha value is -1.13. The van der Waals surface area contributed by atoms with E-state index in [0.717, 1.165) is 64.5 Å². The lowest BCUT2D eigenvalue weighted by molar-refractivity contribution is -0.132. The molecule has 1 amide bonds. The van der Waals surface area contributed by atoms with E-state index >= 15 is 0 Å².